The molecular formula is C35H30N4O13S4. The Balaban J connectivity index is 1.25. The van der Waals surface area contributed by atoms with Crippen LogP contribution in [0.2, 0.25) is 0 Å². The number of rotatable bonds is 10. The van der Waals surface area contributed by atoms with Crippen LogP contribution in [0.5, 0.6) is 11.5 Å². The van der Waals surface area contributed by atoms with Crippen LogP contribution in [0, 0.1) is 13.8 Å². The van der Waals surface area contributed by atoms with E-state index in [1.807, 2.05) is 0 Å². The average Bonchev–Trinajstić information content (AvgIpc) is 3.08. The van der Waals surface area contributed by atoms with Crippen LogP contribution in [0.25, 0.3) is 21.5 Å². The van der Waals surface area contributed by atoms with Crippen LogP contribution >= 0.6 is 0 Å². The summed E-state index contributed by atoms with van der Waals surface area (Å²) in [4.78, 5) is 10.9. The molecule has 0 fully saturated rings. The van der Waals surface area contributed by atoms with Crippen molar-refractivity contribution in [2.24, 2.45) is 0 Å². The third kappa shape index (κ3) is 8.46. The molecule has 0 saturated carbocycles. The van der Waals surface area contributed by atoms with E-state index in [-0.39, 0.29) is 45.0 Å². The summed E-state index contributed by atoms with van der Waals surface area (Å²) >= 11 is 0. The highest BCUT2D eigenvalue weighted by atomic mass is 32.2. The molecule has 0 aliphatic rings. The summed E-state index contributed by atoms with van der Waals surface area (Å²) in [6.45, 7) is 3.19. The Labute approximate surface area is 320 Å². The standard InChI is InChI=1S/C35H30N4O13S4/c1-19-3-7-25(15-31(19)36-33-17-27(55(47,48)49)13-21-11-23(40)5-9-29(21)33)53(43,44)38-35(42)39-54(45,46)26-8-4-20(2)32(16-26)37-34-18-28(56(50,51)52)14-22-12-24(41)6-10-30(22)34/h3-18,36-37,40-41H,1-2H3,(H2,38,39,42)(H,47,48,49)(H,50,51,52). The Morgan fingerprint density at radius 3 is 1.18 bits per heavy atom. The molecule has 8 N–H and O–H groups in total. The van der Waals surface area contributed by atoms with Gasteiger partial charge in [0.25, 0.3) is 40.3 Å². The van der Waals surface area contributed by atoms with Crippen LogP contribution in [0.15, 0.2) is 117 Å². The van der Waals surface area contributed by atoms with Gasteiger partial charge in [-0.3, -0.25) is 9.11 Å². The fraction of sp³-hybridized carbons (Fsp3) is 0.0571. The Kier molecular flexibility index (Phi) is 10.1. The van der Waals surface area contributed by atoms with E-state index in [0.717, 1.165) is 48.5 Å². The first-order valence-corrected chi connectivity index (χ1v) is 21.7. The molecule has 0 spiro atoms. The fourth-order valence-corrected chi connectivity index (χ4v) is 8.66. The summed E-state index contributed by atoms with van der Waals surface area (Å²) in [6, 6.07) is 18.1. The van der Waals surface area contributed by atoms with Crippen molar-refractivity contribution in [2.75, 3.05) is 10.6 Å². The number of nitrogens with one attached hydrogen (secondary N) is 4. The number of carbonyl (C=O) groups is 1. The van der Waals surface area contributed by atoms with Crippen LogP contribution in [0.4, 0.5) is 27.5 Å². The van der Waals surface area contributed by atoms with Gasteiger partial charge >= 0.3 is 6.03 Å². The molecule has 292 valence electrons. The van der Waals surface area contributed by atoms with Gasteiger partial charge < -0.3 is 20.8 Å². The molecule has 0 heterocycles. The van der Waals surface area contributed by atoms with E-state index in [2.05, 4.69) is 10.6 Å². The van der Waals surface area contributed by atoms with Crippen molar-refractivity contribution >= 4 is 90.6 Å². The number of hydrogen-bond donors (Lipinski definition) is 8. The van der Waals surface area contributed by atoms with E-state index in [9.17, 15) is 57.8 Å². The van der Waals surface area contributed by atoms with Gasteiger partial charge in [0.2, 0.25) is 0 Å². The Morgan fingerprint density at radius 1 is 0.464 bits per heavy atom. The van der Waals surface area contributed by atoms with E-state index in [4.69, 9.17) is 0 Å². The molecule has 0 aliphatic heterocycles. The molecule has 0 bridgehead atoms. The molecule has 0 unspecified atom stereocenters. The fourth-order valence-electron chi connectivity index (χ4n) is 5.64. The maximum atomic E-state index is 13.3. The molecule has 56 heavy (non-hydrogen) atoms. The maximum absolute atomic E-state index is 13.3. The molecule has 0 radical (unpaired) electrons. The summed E-state index contributed by atoms with van der Waals surface area (Å²) in [5, 5.41) is 26.9. The topological polar surface area (TPSA) is 283 Å². The predicted molar refractivity (Wildman–Crippen MR) is 206 cm³/mol. The molecule has 0 saturated heterocycles. The van der Waals surface area contributed by atoms with Crippen LogP contribution in [0.1, 0.15) is 11.1 Å². The van der Waals surface area contributed by atoms with Crippen molar-refractivity contribution in [3.05, 3.63) is 108 Å². The molecule has 0 atom stereocenters. The second-order valence-corrected chi connectivity index (χ2v) is 18.7. The van der Waals surface area contributed by atoms with Crippen molar-refractivity contribution < 1.29 is 57.8 Å². The van der Waals surface area contributed by atoms with Crippen molar-refractivity contribution in [1.82, 2.24) is 9.44 Å². The van der Waals surface area contributed by atoms with Crippen molar-refractivity contribution in [2.45, 2.75) is 33.4 Å². The highest BCUT2D eigenvalue weighted by molar-refractivity contribution is 7.91. The summed E-state index contributed by atoms with van der Waals surface area (Å²) in [5.74, 6) is -0.377. The summed E-state index contributed by atoms with van der Waals surface area (Å²) in [6.07, 6.45) is 0. The number of fused-ring (bicyclic) bond motifs is 2. The van der Waals surface area contributed by atoms with Gasteiger partial charge in [-0.1, -0.05) is 12.1 Å². The monoisotopic (exact) mass is 842 g/mol. The van der Waals surface area contributed by atoms with Gasteiger partial charge in [-0.15, -0.1) is 0 Å². The van der Waals surface area contributed by atoms with E-state index in [1.165, 1.54) is 48.5 Å². The lowest BCUT2D eigenvalue weighted by molar-refractivity contribution is 0.250. The summed E-state index contributed by atoms with van der Waals surface area (Å²) < 4.78 is 124. The van der Waals surface area contributed by atoms with Gasteiger partial charge in [0, 0.05) is 33.5 Å². The third-order valence-electron chi connectivity index (χ3n) is 8.45. The van der Waals surface area contributed by atoms with Crippen molar-refractivity contribution in [3.63, 3.8) is 0 Å². The molecule has 17 nitrogen and oxygen atoms in total. The van der Waals surface area contributed by atoms with Gasteiger partial charge in [0.1, 0.15) is 11.5 Å². The lowest BCUT2D eigenvalue weighted by Crippen LogP contribution is -2.42. The number of hydrogen-bond acceptors (Lipinski definition) is 13. The number of aryl methyl sites for hydroxylation is 2. The number of aromatic hydroxyl groups is 2. The first kappa shape index (κ1) is 39.7. The first-order chi connectivity index (χ1) is 26.0. The van der Waals surface area contributed by atoms with Crippen molar-refractivity contribution in [1.29, 1.82) is 0 Å². The second-order valence-electron chi connectivity index (χ2n) is 12.4. The quantitative estimate of drug-likeness (QED) is 0.0804. The number of phenolic OH excluding ortho intramolecular Hbond substituents is 2. The highest BCUT2D eigenvalue weighted by Gasteiger charge is 2.25. The zero-order valence-corrected chi connectivity index (χ0v) is 32.1. The van der Waals surface area contributed by atoms with Gasteiger partial charge in [0.05, 0.1) is 19.6 Å². The van der Waals surface area contributed by atoms with E-state index < -0.39 is 65.9 Å². The Hall–Kier alpha value is -5.97. The lowest BCUT2D eigenvalue weighted by atomic mass is 10.1. The van der Waals surface area contributed by atoms with Crippen LogP contribution in [-0.2, 0) is 40.3 Å². The van der Waals surface area contributed by atoms with Crippen LogP contribution in [0.3, 0.4) is 0 Å². The van der Waals surface area contributed by atoms with E-state index in [0.29, 0.717) is 21.9 Å². The summed E-state index contributed by atoms with van der Waals surface area (Å²) in [7, 11) is -18.9. The maximum Gasteiger partial charge on any atom is 0.342 e. The molecule has 6 aromatic carbocycles. The zero-order chi connectivity index (χ0) is 41.0. The number of anilines is 4. The molecular weight excluding hydrogens is 813 g/mol. The molecule has 0 aromatic heterocycles. The second kappa shape index (κ2) is 14.3. The number of sulfonamides is 2. The third-order valence-corrected chi connectivity index (χ3v) is 12.8. The zero-order valence-electron chi connectivity index (χ0n) is 28.8. The molecule has 21 heteroatoms. The first-order valence-electron chi connectivity index (χ1n) is 15.8. The van der Waals surface area contributed by atoms with Gasteiger partial charge in [0.15, 0.2) is 0 Å². The van der Waals surface area contributed by atoms with Gasteiger partial charge in [-0.25, -0.2) is 31.1 Å². The van der Waals surface area contributed by atoms with Gasteiger partial charge in [-0.05, 0) is 121 Å². The lowest BCUT2D eigenvalue weighted by Gasteiger charge is -2.16. The van der Waals surface area contributed by atoms with Crippen LogP contribution < -0.4 is 20.1 Å². The smallest absolute Gasteiger partial charge is 0.342 e. The Bertz CT molecular complexity index is 2880. The Morgan fingerprint density at radius 2 is 0.821 bits per heavy atom. The normalized spacial score (nSPS) is 12.4. The predicted octanol–water partition coefficient (Wildman–Crippen LogP) is 5.38. The molecule has 6 aromatic rings. The van der Waals surface area contributed by atoms with E-state index >= 15 is 0 Å². The number of benzene rings is 6. The number of phenols is 2. The molecule has 6 rings (SSSR count). The minimum atomic E-state index is -4.76. The SMILES string of the molecule is Cc1ccc(S(=O)(=O)NC(=O)NS(=O)(=O)c2ccc(C)c(Nc3cc(S(=O)(=O)O)cc4cc(O)ccc34)c2)cc1Nc1cc(S(=O)(=O)O)cc2cc(O)ccc12. The van der Waals surface area contributed by atoms with Gasteiger partial charge in [-0.2, -0.15) is 16.8 Å². The number of amides is 2. The largest absolute Gasteiger partial charge is 0.508 e. The molecule has 2 amide bonds. The van der Waals surface area contributed by atoms with Crippen molar-refractivity contribution in [3.8, 4) is 11.5 Å². The number of urea groups is 1. The van der Waals surface area contributed by atoms with E-state index in [1.54, 1.807) is 23.3 Å². The minimum Gasteiger partial charge on any atom is -0.508 e. The highest BCUT2D eigenvalue weighted by Crippen LogP contribution is 2.35. The van der Waals surface area contributed by atoms with Crippen LogP contribution in [-0.4, -0.2) is 59.0 Å². The molecule has 0 aliphatic carbocycles. The number of carbonyl (C=O) groups excluding carboxylic acids is 1. The summed E-state index contributed by atoms with van der Waals surface area (Å²) in [5.41, 5.74) is 1.37. The minimum absolute atomic E-state index is 0.107. The average molecular weight is 843 g/mol.